The number of halogens is 2. The number of aliphatic hydroxyl groups is 2. The zero-order valence-corrected chi connectivity index (χ0v) is 8.72. The number of hydrogen-bond donors (Lipinski definition) is 3. The summed E-state index contributed by atoms with van der Waals surface area (Å²) in [5, 5.41) is 26.8. The van der Waals surface area contributed by atoms with Gasteiger partial charge in [0.25, 0.3) is 0 Å². The van der Waals surface area contributed by atoms with E-state index in [1.165, 1.54) is 0 Å². The summed E-state index contributed by atoms with van der Waals surface area (Å²) in [4.78, 5) is 10.4. The lowest BCUT2D eigenvalue weighted by Crippen LogP contribution is -2.27. The van der Waals surface area contributed by atoms with E-state index in [2.05, 4.69) is 4.74 Å². The Kier molecular flexibility index (Phi) is 3.97. The molecular weight excluding hydrogens is 238 g/mol. The Bertz CT molecular complexity index is 412. The molecule has 1 rings (SSSR count). The molecule has 1 aromatic rings. The monoisotopic (exact) mass is 248 g/mol. The first kappa shape index (κ1) is 13.3. The molecular formula is C10H10F2O5. The van der Waals surface area contributed by atoms with Gasteiger partial charge in [-0.25, -0.2) is 13.6 Å². The Balaban J connectivity index is 3.12. The molecule has 0 aliphatic carbocycles. The van der Waals surface area contributed by atoms with Crippen LogP contribution >= 0.6 is 0 Å². The number of benzene rings is 1. The van der Waals surface area contributed by atoms with E-state index in [9.17, 15) is 18.7 Å². The lowest BCUT2D eigenvalue weighted by Gasteiger charge is -2.15. The highest BCUT2D eigenvalue weighted by molar-refractivity contribution is 5.73. The maximum absolute atomic E-state index is 13.2. The molecule has 0 saturated carbocycles. The minimum atomic E-state index is -2.16. The van der Waals surface area contributed by atoms with Gasteiger partial charge in [-0.15, -0.1) is 0 Å². The van der Waals surface area contributed by atoms with E-state index in [4.69, 9.17) is 10.2 Å². The third-order valence-corrected chi connectivity index (χ3v) is 2.12. The molecule has 0 aliphatic rings. The molecule has 0 spiro atoms. The Morgan fingerprint density at radius 1 is 1.29 bits per heavy atom. The lowest BCUT2D eigenvalue weighted by molar-refractivity contribution is -0.153. The van der Waals surface area contributed by atoms with E-state index >= 15 is 0 Å². The van der Waals surface area contributed by atoms with Crippen molar-refractivity contribution < 1.29 is 33.6 Å². The van der Waals surface area contributed by atoms with Gasteiger partial charge in [0.05, 0.1) is 7.11 Å². The molecule has 0 amide bonds. The Morgan fingerprint density at radius 2 is 1.76 bits per heavy atom. The third-order valence-electron chi connectivity index (χ3n) is 2.12. The van der Waals surface area contributed by atoms with Crippen LogP contribution in [-0.2, 0) is 4.79 Å². The predicted molar refractivity (Wildman–Crippen MR) is 51.5 cm³/mol. The Morgan fingerprint density at radius 3 is 2.12 bits per heavy atom. The Labute approximate surface area is 94.9 Å². The quantitative estimate of drug-likeness (QED) is 0.720. The van der Waals surface area contributed by atoms with E-state index in [1.807, 2.05) is 0 Å². The summed E-state index contributed by atoms with van der Waals surface area (Å²) in [5.41, 5.74) is -0.393. The van der Waals surface area contributed by atoms with Crippen molar-refractivity contribution in [3.8, 4) is 5.75 Å². The summed E-state index contributed by atoms with van der Waals surface area (Å²) in [6.07, 6.45) is -4.09. The van der Waals surface area contributed by atoms with Gasteiger partial charge in [-0.05, 0) is 17.7 Å². The average molecular weight is 248 g/mol. The number of methoxy groups -OCH3 is 1. The van der Waals surface area contributed by atoms with Crippen LogP contribution in [-0.4, -0.2) is 34.5 Å². The highest BCUT2D eigenvalue weighted by atomic mass is 19.1. The molecule has 0 saturated heterocycles. The van der Waals surface area contributed by atoms with E-state index in [-0.39, 0.29) is 0 Å². The number of rotatable bonds is 4. The van der Waals surface area contributed by atoms with Gasteiger partial charge in [0.15, 0.2) is 23.5 Å². The van der Waals surface area contributed by atoms with Crippen molar-refractivity contribution in [2.75, 3.05) is 7.11 Å². The molecule has 0 aliphatic heterocycles. The molecule has 0 aromatic heterocycles. The van der Waals surface area contributed by atoms with E-state index in [0.717, 1.165) is 7.11 Å². The van der Waals surface area contributed by atoms with Crippen molar-refractivity contribution >= 4 is 5.97 Å². The number of aliphatic hydroxyl groups excluding tert-OH is 2. The van der Waals surface area contributed by atoms with E-state index in [1.54, 1.807) is 0 Å². The Hall–Kier alpha value is -1.73. The standard InChI is InChI=1S/C10H10F2O5/c1-17-9-5(11)2-4(3-6(9)12)7(13)8(14)10(15)16/h2-3,7-8,13-14H,1H3,(H,15,16). The van der Waals surface area contributed by atoms with Crippen LogP contribution in [0.2, 0.25) is 0 Å². The summed E-state index contributed by atoms with van der Waals surface area (Å²) in [5.74, 6) is -4.54. The van der Waals surface area contributed by atoms with Crippen molar-refractivity contribution in [2.45, 2.75) is 12.2 Å². The van der Waals surface area contributed by atoms with E-state index < -0.39 is 41.1 Å². The maximum atomic E-state index is 13.2. The van der Waals surface area contributed by atoms with Crippen molar-refractivity contribution in [1.82, 2.24) is 0 Å². The van der Waals surface area contributed by atoms with Crippen molar-refractivity contribution in [3.05, 3.63) is 29.3 Å². The van der Waals surface area contributed by atoms with Crippen LogP contribution in [0.15, 0.2) is 12.1 Å². The number of ether oxygens (including phenoxy) is 1. The average Bonchev–Trinajstić information content (AvgIpc) is 2.26. The molecule has 3 N–H and O–H groups in total. The van der Waals surface area contributed by atoms with Gasteiger partial charge in [-0.1, -0.05) is 0 Å². The summed E-state index contributed by atoms with van der Waals surface area (Å²) in [6, 6.07) is 1.39. The molecule has 0 fully saturated rings. The second kappa shape index (κ2) is 5.07. The first-order valence-electron chi connectivity index (χ1n) is 4.50. The fourth-order valence-electron chi connectivity index (χ4n) is 1.26. The molecule has 0 radical (unpaired) electrons. The SMILES string of the molecule is COc1c(F)cc(C(O)C(O)C(=O)O)cc1F. The first-order chi connectivity index (χ1) is 7.88. The lowest BCUT2D eigenvalue weighted by atomic mass is 10.0. The van der Waals surface area contributed by atoms with Crippen molar-refractivity contribution in [1.29, 1.82) is 0 Å². The number of hydrogen-bond acceptors (Lipinski definition) is 4. The van der Waals surface area contributed by atoms with Crippen LogP contribution < -0.4 is 4.74 Å². The van der Waals surface area contributed by atoms with Crippen LogP contribution in [0.25, 0.3) is 0 Å². The summed E-state index contributed by atoms with van der Waals surface area (Å²) >= 11 is 0. The number of carboxylic acid groups (broad SMARTS) is 1. The van der Waals surface area contributed by atoms with Gasteiger partial charge in [0.2, 0.25) is 0 Å². The summed E-state index contributed by atoms with van der Waals surface area (Å²) in [7, 11) is 1.06. The van der Waals surface area contributed by atoms with Crippen LogP contribution in [0.4, 0.5) is 8.78 Å². The largest absolute Gasteiger partial charge is 0.491 e. The fourth-order valence-corrected chi connectivity index (χ4v) is 1.26. The van der Waals surface area contributed by atoms with Gasteiger partial charge in [0.1, 0.15) is 6.10 Å². The molecule has 7 heteroatoms. The highest BCUT2D eigenvalue weighted by Crippen LogP contribution is 2.27. The molecule has 2 unspecified atom stereocenters. The molecule has 2 atom stereocenters. The molecule has 17 heavy (non-hydrogen) atoms. The first-order valence-corrected chi connectivity index (χ1v) is 4.50. The van der Waals surface area contributed by atoms with Gasteiger partial charge in [-0.2, -0.15) is 0 Å². The number of carboxylic acids is 1. The third kappa shape index (κ3) is 2.69. The summed E-state index contributed by atoms with van der Waals surface area (Å²) < 4.78 is 30.9. The van der Waals surface area contributed by atoms with Gasteiger partial charge in [-0.3, -0.25) is 0 Å². The number of aliphatic carboxylic acids is 1. The van der Waals surface area contributed by atoms with Crippen LogP contribution in [0.5, 0.6) is 5.75 Å². The minimum absolute atomic E-state index is 0.393. The maximum Gasteiger partial charge on any atom is 0.335 e. The predicted octanol–water partition coefficient (Wildman–Crippen LogP) is 0.452. The number of carbonyl (C=O) groups is 1. The summed E-state index contributed by atoms with van der Waals surface area (Å²) in [6.45, 7) is 0. The zero-order chi connectivity index (χ0) is 13.2. The molecule has 0 bridgehead atoms. The van der Waals surface area contributed by atoms with Crippen LogP contribution in [0, 0.1) is 11.6 Å². The van der Waals surface area contributed by atoms with Gasteiger partial charge >= 0.3 is 5.97 Å². The van der Waals surface area contributed by atoms with Crippen molar-refractivity contribution in [3.63, 3.8) is 0 Å². The second-order valence-corrected chi connectivity index (χ2v) is 3.25. The van der Waals surface area contributed by atoms with Crippen LogP contribution in [0.3, 0.4) is 0 Å². The van der Waals surface area contributed by atoms with Crippen molar-refractivity contribution in [2.24, 2.45) is 0 Å². The highest BCUT2D eigenvalue weighted by Gasteiger charge is 2.27. The topological polar surface area (TPSA) is 87.0 Å². The molecule has 1 aromatic carbocycles. The zero-order valence-electron chi connectivity index (χ0n) is 8.72. The molecule has 5 nitrogen and oxygen atoms in total. The molecule has 94 valence electrons. The smallest absolute Gasteiger partial charge is 0.335 e. The van der Waals surface area contributed by atoms with E-state index in [0.29, 0.717) is 12.1 Å². The normalized spacial score (nSPS) is 14.2. The fraction of sp³-hybridized carbons (Fsp3) is 0.300. The van der Waals surface area contributed by atoms with Gasteiger partial charge < -0.3 is 20.1 Å². The second-order valence-electron chi connectivity index (χ2n) is 3.25. The van der Waals surface area contributed by atoms with Gasteiger partial charge in [0, 0.05) is 0 Å². The minimum Gasteiger partial charge on any atom is -0.491 e. The van der Waals surface area contributed by atoms with Crippen LogP contribution in [0.1, 0.15) is 11.7 Å². The molecule has 0 heterocycles.